The summed E-state index contributed by atoms with van der Waals surface area (Å²) < 4.78 is 51.8. The van der Waals surface area contributed by atoms with E-state index in [4.69, 9.17) is 9.47 Å². The van der Waals surface area contributed by atoms with Gasteiger partial charge >= 0.3 is 24.1 Å². The topological polar surface area (TPSA) is 133 Å². The normalized spacial score (nSPS) is 21.9. The molecule has 2 fully saturated rings. The van der Waals surface area contributed by atoms with Gasteiger partial charge in [-0.15, -0.1) is 4.48 Å². The Hall–Kier alpha value is -3.06. The Bertz CT molecular complexity index is 1110. The highest BCUT2D eigenvalue weighted by Crippen LogP contribution is 2.34. The maximum absolute atomic E-state index is 14.9. The highest BCUT2D eigenvalue weighted by atomic mass is 32.2. The number of sulfone groups is 1. The molecular weight excluding hydrogens is 475 g/mol. The molecule has 2 atom stereocenters. The van der Waals surface area contributed by atoms with Gasteiger partial charge in [0.05, 0.1) is 31.2 Å². The van der Waals surface area contributed by atoms with Gasteiger partial charge in [0.15, 0.2) is 0 Å². The molecule has 0 saturated carbocycles. The van der Waals surface area contributed by atoms with Gasteiger partial charge in [-0.3, -0.25) is 9.69 Å². The molecule has 2 aliphatic rings. The number of halogens is 1. The molecule has 3 rings (SSSR count). The minimum absolute atomic E-state index is 0.00586. The molecule has 0 N–H and O–H groups in total. The first-order valence-electron chi connectivity index (χ1n) is 10.5. The molecule has 2 saturated heterocycles. The summed E-state index contributed by atoms with van der Waals surface area (Å²) in [5, 5.41) is 0. The monoisotopic (exact) mass is 501 g/mol. The maximum Gasteiger partial charge on any atom is 0.529 e. The number of likely N-dealkylation sites (N-methyl/N-ethyl adjacent to an activating group) is 1. The minimum atomic E-state index is -3.09. The van der Waals surface area contributed by atoms with E-state index in [1.165, 1.54) is 19.2 Å². The fourth-order valence-electron chi connectivity index (χ4n) is 3.89. The van der Waals surface area contributed by atoms with E-state index < -0.39 is 57.2 Å². The molecule has 0 spiro atoms. The van der Waals surface area contributed by atoms with Crippen LogP contribution in [-0.4, -0.2) is 75.1 Å². The first-order valence-corrected chi connectivity index (χ1v) is 12.3. The van der Waals surface area contributed by atoms with Crippen LogP contribution < -0.4 is 4.90 Å². The summed E-state index contributed by atoms with van der Waals surface area (Å²) in [6.07, 6.45) is -2.64. The lowest BCUT2D eigenvalue weighted by atomic mass is 9.93. The van der Waals surface area contributed by atoms with Gasteiger partial charge in [0.2, 0.25) is 6.79 Å². The Morgan fingerprint density at radius 2 is 1.82 bits per heavy atom. The fraction of sp³-hybridized carbons (Fsp3) is 0.524. The second-order valence-corrected chi connectivity index (χ2v) is 10.6. The molecule has 1 aromatic carbocycles. The van der Waals surface area contributed by atoms with Crippen LogP contribution in [0.3, 0.4) is 0 Å². The van der Waals surface area contributed by atoms with E-state index in [1.54, 1.807) is 0 Å². The number of imide groups is 1. The Kier molecular flexibility index (Phi) is 7.26. The molecule has 2 heterocycles. The summed E-state index contributed by atoms with van der Waals surface area (Å²) in [7, 11) is -1.90. The number of benzene rings is 1. The lowest BCUT2D eigenvalue weighted by Gasteiger charge is -2.29. The van der Waals surface area contributed by atoms with E-state index >= 15 is 0 Å². The summed E-state index contributed by atoms with van der Waals surface area (Å²) in [5.74, 6) is -2.24. The van der Waals surface area contributed by atoms with E-state index in [2.05, 4.69) is 4.74 Å². The second-order valence-electron chi connectivity index (χ2n) is 8.34. The minimum Gasteiger partial charge on any atom is -0.428 e. The van der Waals surface area contributed by atoms with Crippen LogP contribution in [0.4, 0.5) is 19.7 Å². The number of quaternary nitrogens is 1. The van der Waals surface area contributed by atoms with Gasteiger partial charge in [-0.05, 0) is 36.5 Å². The SMILES string of the molecule is CC(=O)OCOC(=O)[N+](C)(C(C)=O)[C@H]1CN(c2ccc(C3CCS(=O)(=O)CC3)c(F)c2)C(=O)O1. The van der Waals surface area contributed by atoms with Crippen molar-refractivity contribution in [3.63, 3.8) is 0 Å². The summed E-state index contributed by atoms with van der Waals surface area (Å²) in [6.45, 7) is 1.26. The number of esters is 1. The Labute approximate surface area is 195 Å². The van der Waals surface area contributed by atoms with Gasteiger partial charge in [-0.25, -0.2) is 22.4 Å². The average molecular weight is 502 g/mol. The molecule has 3 amide bonds. The fourth-order valence-corrected chi connectivity index (χ4v) is 5.38. The van der Waals surface area contributed by atoms with Crippen molar-refractivity contribution in [2.24, 2.45) is 0 Å². The molecule has 186 valence electrons. The van der Waals surface area contributed by atoms with Crippen molar-refractivity contribution >= 4 is 39.6 Å². The van der Waals surface area contributed by atoms with Crippen LogP contribution in [0.5, 0.6) is 0 Å². The highest BCUT2D eigenvalue weighted by molar-refractivity contribution is 7.91. The molecule has 0 radical (unpaired) electrons. The molecule has 2 aliphatic heterocycles. The average Bonchev–Trinajstić information content (AvgIpc) is 3.15. The van der Waals surface area contributed by atoms with Crippen molar-refractivity contribution in [1.29, 1.82) is 0 Å². The van der Waals surface area contributed by atoms with Crippen molar-refractivity contribution in [2.75, 3.05) is 36.8 Å². The van der Waals surface area contributed by atoms with E-state index in [-0.39, 0.29) is 29.7 Å². The quantitative estimate of drug-likeness (QED) is 0.338. The van der Waals surface area contributed by atoms with Gasteiger partial charge in [-0.2, -0.15) is 4.79 Å². The molecule has 0 aromatic heterocycles. The second kappa shape index (κ2) is 9.66. The van der Waals surface area contributed by atoms with Crippen LogP contribution in [0, 0.1) is 5.82 Å². The zero-order valence-corrected chi connectivity index (χ0v) is 19.8. The van der Waals surface area contributed by atoms with Crippen molar-refractivity contribution in [1.82, 2.24) is 0 Å². The predicted octanol–water partition coefficient (Wildman–Crippen LogP) is 2.05. The Morgan fingerprint density at radius 1 is 1.18 bits per heavy atom. The van der Waals surface area contributed by atoms with Crippen LogP contribution in [0.25, 0.3) is 0 Å². The number of rotatable bonds is 5. The third-order valence-electron chi connectivity index (χ3n) is 6.14. The first kappa shape index (κ1) is 25.6. The van der Waals surface area contributed by atoms with Gasteiger partial charge in [0.25, 0.3) is 6.23 Å². The highest BCUT2D eigenvalue weighted by Gasteiger charge is 2.54. The van der Waals surface area contributed by atoms with E-state index in [0.29, 0.717) is 18.4 Å². The van der Waals surface area contributed by atoms with Gasteiger partial charge in [-0.1, -0.05) is 6.07 Å². The Morgan fingerprint density at radius 3 is 2.38 bits per heavy atom. The van der Waals surface area contributed by atoms with Gasteiger partial charge < -0.3 is 14.2 Å². The van der Waals surface area contributed by atoms with Gasteiger partial charge in [0.1, 0.15) is 22.2 Å². The van der Waals surface area contributed by atoms with Crippen LogP contribution in [0.2, 0.25) is 0 Å². The molecular formula is C21H26FN2O9S+. The lowest BCUT2D eigenvalue weighted by molar-refractivity contribution is -0.809. The van der Waals surface area contributed by atoms with Crippen LogP contribution in [0.15, 0.2) is 18.2 Å². The molecule has 11 nitrogen and oxygen atoms in total. The number of carbonyl (C=O) groups is 4. The smallest absolute Gasteiger partial charge is 0.428 e. The summed E-state index contributed by atoms with van der Waals surface area (Å²) >= 11 is 0. The van der Waals surface area contributed by atoms with E-state index in [0.717, 1.165) is 24.8 Å². The number of anilines is 1. The summed E-state index contributed by atoms with van der Waals surface area (Å²) in [5.41, 5.74) is 0.515. The molecule has 0 aliphatic carbocycles. The lowest BCUT2D eigenvalue weighted by Crippen LogP contribution is -2.61. The number of hydrogen-bond acceptors (Lipinski definition) is 9. The van der Waals surface area contributed by atoms with E-state index in [9.17, 15) is 32.0 Å². The first-order chi connectivity index (χ1) is 15.8. The third-order valence-corrected chi connectivity index (χ3v) is 7.86. The van der Waals surface area contributed by atoms with Crippen molar-refractivity contribution < 1.29 is 50.7 Å². The van der Waals surface area contributed by atoms with Crippen LogP contribution >= 0.6 is 0 Å². The molecule has 1 aromatic rings. The predicted molar refractivity (Wildman–Crippen MR) is 115 cm³/mol. The number of amides is 3. The number of carbonyl (C=O) groups excluding carboxylic acids is 4. The summed E-state index contributed by atoms with van der Waals surface area (Å²) in [6, 6.07) is 4.14. The van der Waals surface area contributed by atoms with Crippen molar-refractivity contribution in [3.05, 3.63) is 29.6 Å². The van der Waals surface area contributed by atoms with Crippen molar-refractivity contribution in [3.8, 4) is 0 Å². The van der Waals surface area contributed by atoms with Crippen molar-refractivity contribution in [2.45, 2.75) is 38.8 Å². The standard InChI is InChI=1S/C21H26FN2O9S/c1-13(25)24(3,21(28)32-12-31-14(2)26)19-11-23(20(27)33-19)16-4-5-17(18(22)10-16)15-6-8-34(29,30)9-7-15/h4-5,10,15,19H,6-9,11-12H2,1-3H3/q+1/t19-,24?/m1/s1. The Balaban J connectivity index is 1.76. The maximum atomic E-state index is 14.9. The van der Waals surface area contributed by atoms with Gasteiger partial charge in [0, 0.05) is 6.92 Å². The third kappa shape index (κ3) is 5.20. The number of hydrogen-bond donors (Lipinski definition) is 0. The molecule has 34 heavy (non-hydrogen) atoms. The van der Waals surface area contributed by atoms with E-state index in [1.807, 2.05) is 0 Å². The zero-order valence-electron chi connectivity index (χ0n) is 19.0. The molecule has 13 heteroatoms. The largest absolute Gasteiger partial charge is 0.529 e. The zero-order chi connectivity index (χ0) is 25.3. The summed E-state index contributed by atoms with van der Waals surface area (Å²) in [4.78, 5) is 49.4. The molecule has 1 unspecified atom stereocenters. The number of nitrogens with zero attached hydrogens (tertiary/aromatic N) is 2. The van der Waals surface area contributed by atoms with Crippen LogP contribution in [-0.2, 0) is 33.6 Å². The van der Waals surface area contributed by atoms with Crippen LogP contribution in [0.1, 0.15) is 38.2 Å². The molecule has 0 bridgehead atoms. The number of ether oxygens (including phenoxy) is 3. The number of cyclic esters (lactones) is 1.